The van der Waals surface area contributed by atoms with Gasteiger partial charge < -0.3 is 14.8 Å². The minimum Gasteiger partial charge on any atom is -0.507 e. The molecule has 0 fully saturated rings. The third-order valence-electron chi connectivity index (χ3n) is 2.97. The second kappa shape index (κ2) is 5.56. The van der Waals surface area contributed by atoms with E-state index in [0.717, 1.165) is 0 Å². The lowest BCUT2D eigenvalue weighted by atomic mass is 10.2. The van der Waals surface area contributed by atoms with E-state index in [-0.39, 0.29) is 11.3 Å². The van der Waals surface area contributed by atoms with Crippen LogP contribution in [0.4, 0.5) is 5.82 Å². The fourth-order valence-corrected chi connectivity index (χ4v) is 1.87. The maximum absolute atomic E-state index is 12.1. The summed E-state index contributed by atoms with van der Waals surface area (Å²) >= 11 is 0. The second-order valence-electron chi connectivity index (χ2n) is 4.29. The average molecular weight is 300 g/mol. The van der Waals surface area contributed by atoms with Gasteiger partial charge in [-0.25, -0.2) is 15.0 Å². The van der Waals surface area contributed by atoms with Crippen LogP contribution in [0, 0.1) is 0 Å². The van der Waals surface area contributed by atoms with Crippen LogP contribution in [0.3, 0.4) is 0 Å². The van der Waals surface area contributed by atoms with E-state index in [1.807, 2.05) is 0 Å². The van der Waals surface area contributed by atoms with Gasteiger partial charge in [0.25, 0.3) is 5.91 Å². The molecule has 0 saturated heterocycles. The quantitative estimate of drug-likeness (QED) is 0.526. The fraction of sp³-hybridized carbons (Fsp3) is 0.0769. The molecule has 1 aromatic carbocycles. The summed E-state index contributed by atoms with van der Waals surface area (Å²) in [7, 11) is 1.47. The van der Waals surface area contributed by atoms with Crippen LogP contribution < -0.4 is 15.6 Å². The number of carbonyl (C=O) groups is 1. The Morgan fingerprint density at radius 3 is 2.95 bits per heavy atom. The van der Waals surface area contributed by atoms with Crippen LogP contribution in [0.25, 0.3) is 11.2 Å². The molecule has 0 spiro atoms. The van der Waals surface area contributed by atoms with E-state index < -0.39 is 5.91 Å². The summed E-state index contributed by atoms with van der Waals surface area (Å²) in [6.45, 7) is 0. The Balaban J connectivity index is 1.76. The van der Waals surface area contributed by atoms with E-state index >= 15 is 0 Å². The number of amides is 1. The van der Waals surface area contributed by atoms with Crippen molar-refractivity contribution in [3.8, 4) is 11.5 Å². The Morgan fingerprint density at radius 1 is 1.32 bits per heavy atom. The molecule has 9 heteroatoms. The van der Waals surface area contributed by atoms with Gasteiger partial charge in [-0.3, -0.25) is 15.6 Å². The minimum atomic E-state index is -0.522. The number of anilines is 1. The van der Waals surface area contributed by atoms with Crippen molar-refractivity contribution >= 4 is 22.9 Å². The van der Waals surface area contributed by atoms with Crippen LogP contribution >= 0.6 is 0 Å². The van der Waals surface area contributed by atoms with Crippen molar-refractivity contribution in [3.05, 3.63) is 36.4 Å². The number of H-pyrrole nitrogens is 1. The number of hydrazine groups is 1. The molecule has 3 rings (SSSR count). The Bertz CT molecular complexity index is 832. The lowest BCUT2D eigenvalue weighted by Crippen LogP contribution is -2.30. The highest BCUT2D eigenvalue weighted by Gasteiger charge is 2.13. The molecule has 0 atom stereocenters. The van der Waals surface area contributed by atoms with Crippen LogP contribution in [0.15, 0.2) is 30.9 Å². The number of hydrogen-bond acceptors (Lipinski definition) is 7. The zero-order valence-corrected chi connectivity index (χ0v) is 11.5. The number of nitrogens with zero attached hydrogens (tertiary/aromatic N) is 3. The number of phenolic OH excluding ortho intramolecular Hbond substituents is 1. The van der Waals surface area contributed by atoms with Gasteiger partial charge in [-0.15, -0.1) is 0 Å². The van der Waals surface area contributed by atoms with Crippen molar-refractivity contribution in [1.82, 2.24) is 25.4 Å². The minimum absolute atomic E-state index is 0.100. The summed E-state index contributed by atoms with van der Waals surface area (Å²) in [5, 5.41) is 9.82. The van der Waals surface area contributed by atoms with Crippen molar-refractivity contribution in [2.75, 3.05) is 12.5 Å². The highest BCUT2D eigenvalue weighted by molar-refractivity contribution is 5.98. The third-order valence-corrected chi connectivity index (χ3v) is 2.97. The third kappa shape index (κ3) is 2.46. The molecule has 9 nitrogen and oxygen atoms in total. The number of aromatic hydroxyl groups is 1. The van der Waals surface area contributed by atoms with Gasteiger partial charge in [0.15, 0.2) is 11.5 Å². The van der Waals surface area contributed by atoms with Gasteiger partial charge in [0.05, 0.1) is 19.0 Å². The molecule has 3 aromatic rings. The van der Waals surface area contributed by atoms with E-state index in [1.165, 1.54) is 31.9 Å². The summed E-state index contributed by atoms with van der Waals surface area (Å²) in [5.41, 5.74) is 6.24. The van der Waals surface area contributed by atoms with Gasteiger partial charge in [-0.2, -0.15) is 0 Å². The van der Waals surface area contributed by atoms with Gasteiger partial charge in [0.2, 0.25) is 0 Å². The van der Waals surface area contributed by atoms with Gasteiger partial charge in [0, 0.05) is 6.07 Å². The number of carbonyl (C=O) groups excluding carboxylic acids is 1. The van der Waals surface area contributed by atoms with E-state index in [4.69, 9.17) is 4.74 Å². The molecule has 22 heavy (non-hydrogen) atoms. The summed E-state index contributed by atoms with van der Waals surface area (Å²) < 4.78 is 4.96. The first kappa shape index (κ1) is 13.6. The SMILES string of the molecule is COc1ccc(C(=O)NNc2ncnc3nc[nH]c23)c(O)c1. The summed E-state index contributed by atoms with van der Waals surface area (Å²) in [5.74, 6) is 0.111. The van der Waals surface area contributed by atoms with Gasteiger partial charge >= 0.3 is 0 Å². The lowest BCUT2D eigenvalue weighted by Gasteiger charge is -2.09. The molecule has 2 aromatic heterocycles. The number of aromatic nitrogens is 4. The van der Waals surface area contributed by atoms with Gasteiger partial charge in [-0.05, 0) is 12.1 Å². The van der Waals surface area contributed by atoms with Crippen LogP contribution in [0.2, 0.25) is 0 Å². The monoisotopic (exact) mass is 300 g/mol. The molecule has 0 radical (unpaired) electrons. The zero-order chi connectivity index (χ0) is 15.5. The number of benzene rings is 1. The maximum atomic E-state index is 12.1. The fourth-order valence-electron chi connectivity index (χ4n) is 1.87. The van der Waals surface area contributed by atoms with E-state index in [0.29, 0.717) is 22.7 Å². The van der Waals surface area contributed by atoms with Gasteiger partial charge in [0.1, 0.15) is 23.3 Å². The van der Waals surface area contributed by atoms with Crippen molar-refractivity contribution in [3.63, 3.8) is 0 Å². The predicted molar refractivity (Wildman–Crippen MR) is 77.4 cm³/mol. The number of nitrogens with one attached hydrogen (secondary N) is 3. The van der Waals surface area contributed by atoms with E-state index in [1.54, 1.807) is 6.07 Å². The molecule has 0 saturated carbocycles. The lowest BCUT2D eigenvalue weighted by molar-refractivity contribution is 0.0960. The van der Waals surface area contributed by atoms with E-state index in [9.17, 15) is 9.90 Å². The van der Waals surface area contributed by atoms with Crippen LogP contribution in [-0.2, 0) is 0 Å². The molecule has 4 N–H and O–H groups in total. The molecular formula is C13H12N6O3. The number of aromatic amines is 1. The van der Waals surface area contributed by atoms with Crippen molar-refractivity contribution in [2.45, 2.75) is 0 Å². The highest BCUT2D eigenvalue weighted by Crippen LogP contribution is 2.23. The molecule has 0 unspecified atom stereocenters. The van der Waals surface area contributed by atoms with Gasteiger partial charge in [-0.1, -0.05) is 0 Å². The normalized spacial score (nSPS) is 10.4. The molecule has 2 heterocycles. The number of phenols is 1. The summed E-state index contributed by atoms with van der Waals surface area (Å²) in [6.07, 6.45) is 2.80. The Hall–Kier alpha value is -3.36. The maximum Gasteiger partial charge on any atom is 0.273 e. The number of imidazole rings is 1. The molecule has 1 amide bonds. The largest absolute Gasteiger partial charge is 0.507 e. The molecular weight excluding hydrogens is 288 g/mol. The zero-order valence-electron chi connectivity index (χ0n) is 11.5. The first-order valence-corrected chi connectivity index (χ1v) is 6.26. The number of rotatable bonds is 4. The number of methoxy groups -OCH3 is 1. The van der Waals surface area contributed by atoms with Crippen molar-refractivity contribution < 1.29 is 14.6 Å². The average Bonchev–Trinajstić information content (AvgIpc) is 3.01. The van der Waals surface area contributed by atoms with Crippen molar-refractivity contribution in [2.24, 2.45) is 0 Å². The summed E-state index contributed by atoms with van der Waals surface area (Å²) in [4.78, 5) is 26.9. The highest BCUT2D eigenvalue weighted by atomic mass is 16.5. The standard InChI is InChI=1S/C13H12N6O3/c1-22-7-2-3-8(9(20)4-7)13(21)19-18-12-10-11(15-5-14-10)16-6-17-12/h2-6,20H,1H3,(H,19,21)(H2,14,15,16,17,18). The first-order chi connectivity index (χ1) is 10.7. The first-order valence-electron chi connectivity index (χ1n) is 6.26. The van der Waals surface area contributed by atoms with E-state index in [2.05, 4.69) is 30.8 Å². The predicted octanol–water partition coefficient (Wildman–Crippen LogP) is 0.824. The molecule has 0 bridgehead atoms. The molecule has 0 aliphatic heterocycles. The van der Waals surface area contributed by atoms with Crippen LogP contribution in [0.1, 0.15) is 10.4 Å². The number of hydrogen-bond donors (Lipinski definition) is 4. The topological polar surface area (TPSA) is 125 Å². The number of fused-ring (bicyclic) bond motifs is 1. The Labute approximate surface area is 124 Å². The summed E-state index contributed by atoms with van der Waals surface area (Å²) in [6, 6.07) is 4.38. The molecule has 0 aliphatic rings. The molecule has 112 valence electrons. The van der Waals surface area contributed by atoms with Crippen LogP contribution in [-0.4, -0.2) is 38.1 Å². The Morgan fingerprint density at radius 2 is 2.18 bits per heavy atom. The van der Waals surface area contributed by atoms with Crippen molar-refractivity contribution in [1.29, 1.82) is 0 Å². The molecule has 0 aliphatic carbocycles. The second-order valence-corrected chi connectivity index (χ2v) is 4.29. The Kier molecular flexibility index (Phi) is 3.44. The van der Waals surface area contributed by atoms with Crippen LogP contribution in [0.5, 0.6) is 11.5 Å². The number of ether oxygens (including phenoxy) is 1. The smallest absolute Gasteiger partial charge is 0.273 e.